The highest BCUT2D eigenvalue weighted by Gasteiger charge is 2.26. The number of rotatable bonds is 5. The fourth-order valence-corrected chi connectivity index (χ4v) is 5.08. The number of amides is 1. The monoisotopic (exact) mass is 491 g/mol. The number of hydrogen-bond acceptors (Lipinski definition) is 5. The predicted octanol–water partition coefficient (Wildman–Crippen LogP) is 5.16. The number of carbonyl (C=O) groups excluding carboxylic acids is 1. The van der Waals surface area contributed by atoms with Crippen LogP contribution in [0.3, 0.4) is 0 Å². The van der Waals surface area contributed by atoms with Crippen LogP contribution in [0.15, 0.2) is 60.9 Å². The summed E-state index contributed by atoms with van der Waals surface area (Å²) < 4.78 is 12.6. The number of nitrogens with zero attached hydrogens (tertiary/aromatic N) is 3. The minimum absolute atomic E-state index is 0.0598. The Bertz CT molecular complexity index is 1190. The van der Waals surface area contributed by atoms with Gasteiger partial charge >= 0.3 is 0 Å². The summed E-state index contributed by atoms with van der Waals surface area (Å²) in [6, 6.07) is 15.5. The second kappa shape index (κ2) is 10.7. The Labute approximate surface area is 211 Å². The molecule has 35 heavy (non-hydrogen) atoms. The van der Waals surface area contributed by atoms with E-state index in [1.165, 1.54) is 6.42 Å². The van der Waals surface area contributed by atoms with Gasteiger partial charge in [-0.1, -0.05) is 23.7 Å². The summed E-state index contributed by atoms with van der Waals surface area (Å²) in [6.45, 7) is 4.13. The molecule has 1 atom stereocenters. The van der Waals surface area contributed by atoms with E-state index in [4.69, 9.17) is 21.1 Å². The molecule has 1 amide bonds. The maximum atomic E-state index is 13.2. The highest BCUT2D eigenvalue weighted by molar-refractivity contribution is 6.30. The molecule has 0 radical (unpaired) electrons. The molecule has 182 valence electrons. The number of ether oxygens (including phenoxy) is 2. The highest BCUT2D eigenvalue weighted by Crippen LogP contribution is 2.39. The van der Waals surface area contributed by atoms with E-state index in [1.54, 1.807) is 24.5 Å². The summed E-state index contributed by atoms with van der Waals surface area (Å²) >= 11 is 6.29. The molecule has 3 heterocycles. The highest BCUT2D eigenvalue weighted by atomic mass is 35.5. The summed E-state index contributed by atoms with van der Waals surface area (Å²) in [5.41, 5.74) is 3.48. The first kappa shape index (κ1) is 23.6. The largest absolute Gasteiger partial charge is 0.489 e. The van der Waals surface area contributed by atoms with Gasteiger partial charge in [0, 0.05) is 42.0 Å². The molecule has 0 saturated carbocycles. The summed E-state index contributed by atoms with van der Waals surface area (Å²) in [4.78, 5) is 21.5. The molecule has 2 aliphatic heterocycles. The van der Waals surface area contributed by atoms with Gasteiger partial charge in [0.15, 0.2) is 11.5 Å². The van der Waals surface area contributed by atoms with Gasteiger partial charge < -0.3 is 19.3 Å². The number of halogens is 1. The minimum Gasteiger partial charge on any atom is -0.489 e. The van der Waals surface area contributed by atoms with Crippen molar-refractivity contribution in [1.29, 1.82) is 0 Å². The number of likely N-dealkylation sites (tertiary alicyclic amines) is 1. The van der Waals surface area contributed by atoms with Crippen molar-refractivity contribution in [3.63, 3.8) is 0 Å². The normalized spacial score (nSPS) is 18.3. The van der Waals surface area contributed by atoms with E-state index in [-0.39, 0.29) is 5.91 Å². The van der Waals surface area contributed by atoms with Crippen molar-refractivity contribution < 1.29 is 14.3 Å². The maximum absolute atomic E-state index is 13.2. The first-order valence-electron chi connectivity index (χ1n) is 12.1. The van der Waals surface area contributed by atoms with E-state index in [2.05, 4.69) is 23.0 Å². The van der Waals surface area contributed by atoms with Gasteiger partial charge in [0.1, 0.15) is 6.61 Å². The van der Waals surface area contributed by atoms with Crippen LogP contribution in [0.2, 0.25) is 5.02 Å². The number of benzene rings is 2. The predicted molar refractivity (Wildman–Crippen MR) is 137 cm³/mol. The van der Waals surface area contributed by atoms with Crippen LogP contribution in [0.1, 0.15) is 28.8 Å². The van der Waals surface area contributed by atoms with Crippen LogP contribution in [-0.4, -0.2) is 60.6 Å². The fourth-order valence-electron chi connectivity index (χ4n) is 4.89. The zero-order valence-corrected chi connectivity index (χ0v) is 20.7. The SMILES string of the molecule is CN1CCCC(COc2cc(-c3cccc(Cl)c3)cc3c2OCCN(C(=O)c2cccnc2)C3)C1. The second-order valence-corrected chi connectivity index (χ2v) is 9.81. The molecule has 2 aliphatic rings. The maximum Gasteiger partial charge on any atom is 0.255 e. The van der Waals surface area contributed by atoms with Gasteiger partial charge in [-0.3, -0.25) is 9.78 Å². The number of carbonyl (C=O) groups is 1. The van der Waals surface area contributed by atoms with E-state index in [9.17, 15) is 4.79 Å². The molecule has 0 N–H and O–H groups in total. The van der Waals surface area contributed by atoms with Crippen molar-refractivity contribution >= 4 is 17.5 Å². The van der Waals surface area contributed by atoms with Crippen LogP contribution >= 0.6 is 11.6 Å². The van der Waals surface area contributed by atoms with Gasteiger partial charge in [0.25, 0.3) is 5.91 Å². The Kier molecular flexibility index (Phi) is 7.21. The first-order chi connectivity index (χ1) is 17.1. The Morgan fingerprint density at radius 3 is 2.89 bits per heavy atom. The third-order valence-corrected chi connectivity index (χ3v) is 6.89. The quantitative estimate of drug-likeness (QED) is 0.493. The topological polar surface area (TPSA) is 54.9 Å². The molecule has 5 rings (SSSR count). The fraction of sp³-hybridized carbons (Fsp3) is 0.357. The number of piperidine rings is 1. The van der Waals surface area contributed by atoms with Crippen molar-refractivity contribution in [2.24, 2.45) is 5.92 Å². The zero-order valence-electron chi connectivity index (χ0n) is 20.0. The molecule has 1 aromatic heterocycles. The van der Waals surface area contributed by atoms with E-state index in [1.807, 2.05) is 35.2 Å². The Hall–Kier alpha value is -3.09. The Morgan fingerprint density at radius 2 is 2.09 bits per heavy atom. The third kappa shape index (κ3) is 5.60. The average molecular weight is 492 g/mol. The molecule has 1 saturated heterocycles. The molecular formula is C28H30ClN3O3. The molecule has 0 spiro atoms. The zero-order chi connectivity index (χ0) is 24.2. The molecular weight excluding hydrogens is 462 g/mol. The van der Waals surface area contributed by atoms with Crippen LogP contribution in [0, 0.1) is 5.92 Å². The summed E-state index contributed by atoms with van der Waals surface area (Å²) in [6.07, 6.45) is 5.62. The molecule has 6 nitrogen and oxygen atoms in total. The number of fused-ring (bicyclic) bond motifs is 1. The molecule has 2 aromatic carbocycles. The first-order valence-corrected chi connectivity index (χ1v) is 12.5. The third-order valence-electron chi connectivity index (χ3n) is 6.65. The average Bonchev–Trinajstić information content (AvgIpc) is 3.10. The number of pyridine rings is 1. The molecule has 0 bridgehead atoms. The molecule has 0 aliphatic carbocycles. The van der Waals surface area contributed by atoms with Crippen LogP contribution < -0.4 is 9.47 Å². The smallest absolute Gasteiger partial charge is 0.255 e. The lowest BCUT2D eigenvalue weighted by Crippen LogP contribution is -2.34. The van der Waals surface area contributed by atoms with E-state index in [0.717, 1.165) is 47.7 Å². The van der Waals surface area contributed by atoms with Crippen LogP contribution in [0.4, 0.5) is 0 Å². The molecule has 7 heteroatoms. The lowest BCUT2D eigenvalue weighted by Gasteiger charge is -2.29. The van der Waals surface area contributed by atoms with Gasteiger partial charge in [-0.2, -0.15) is 0 Å². The van der Waals surface area contributed by atoms with Crippen LogP contribution in [-0.2, 0) is 6.54 Å². The number of aromatic nitrogens is 1. The summed E-state index contributed by atoms with van der Waals surface area (Å²) in [5.74, 6) is 1.87. The van der Waals surface area contributed by atoms with E-state index < -0.39 is 0 Å². The van der Waals surface area contributed by atoms with Gasteiger partial charge in [-0.15, -0.1) is 0 Å². The molecule has 1 unspecified atom stereocenters. The van der Waals surface area contributed by atoms with Crippen molar-refractivity contribution in [1.82, 2.24) is 14.8 Å². The van der Waals surface area contributed by atoms with Gasteiger partial charge in [0.2, 0.25) is 0 Å². The van der Waals surface area contributed by atoms with Crippen LogP contribution in [0.25, 0.3) is 11.1 Å². The number of hydrogen-bond donors (Lipinski definition) is 0. The summed E-state index contributed by atoms with van der Waals surface area (Å²) in [5, 5.41) is 0.676. The minimum atomic E-state index is -0.0598. The Morgan fingerprint density at radius 1 is 1.17 bits per heavy atom. The molecule has 3 aromatic rings. The second-order valence-electron chi connectivity index (χ2n) is 9.37. The van der Waals surface area contributed by atoms with Gasteiger partial charge in [0.05, 0.1) is 18.7 Å². The van der Waals surface area contributed by atoms with Crippen molar-refractivity contribution in [3.8, 4) is 22.6 Å². The standard InChI is InChI=1S/C28H30ClN3O3/c1-31-10-4-5-20(17-31)19-35-26-15-23(21-6-2-8-25(29)14-21)13-24-18-32(11-12-34-27(24)26)28(33)22-7-3-9-30-16-22/h2-3,6-9,13-16,20H,4-5,10-12,17-19H2,1H3. The van der Waals surface area contributed by atoms with Crippen molar-refractivity contribution in [2.75, 3.05) is 39.9 Å². The molecule has 1 fully saturated rings. The lowest BCUT2D eigenvalue weighted by atomic mass is 9.99. The summed E-state index contributed by atoms with van der Waals surface area (Å²) in [7, 11) is 2.16. The van der Waals surface area contributed by atoms with E-state index in [0.29, 0.717) is 42.8 Å². The Balaban J connectivity index is 1.47. The van der Waals surface area contributed by atoms with Crippen molar-refractivity contribution in [3.05, 3.63) is 77.1 Å². The van der Waals surface area contributed by atoms with Gasteiger partial charge in [-0.25, -0.2) is 0 Å². The van der Waals surface area contributed by atoms with Crippen LogP contribution in [0.5, 0.6) is 11.5 Å². The lowest BCUT2D eigenvalue weighted by molar-refractivity contribution is 0.0732. The van der Waals surface area contributed by atoms with E-state index >= 15 is 0 Å². The van der Waals surface area contributed by atoms with Crippen molar-refractivity contribution in [2.45, 2.75) is 19.4 Å². The van der Waals surface area contributed by atoms with Gasteiger partial charge in [-0.05, 0) is 74.0 Å².